The summed E-state index contributed by atoms with van der Waals surface area (Å²) in [4.78, 5) is 43.7. The Kier molecular flexibility index (Phi) is 6.84. The SMILES string of the molecule is COc1nc(CN2C(=O)C(F)(F)Oc3cc(-c4c(C(N)=O)c(CC5CC5)nc5c4cnn5C4(c5ccc(F)cn5)CC4)ccc32)ncc1F. The van der Waals surface area contributed by atoms with E-state index in [-0.39, 0.29) is 28.4 Å². The number of pyridine rings is 2. The predicted molar refractivity (Wildman–Crippen MR) is 164 cm³/mol. The normalized spacial score (nSPS) is 17.5. The van der Waals surface area contributed by atoms with E-state index in [4.69, 9.17) is 20.2 Å². The molecule has 1 aromatic carbocycles. The molecule has 0 bridgehead atoms. The molecule has 5 aromatic rings. The summed E-state index contributed by atoms with van der Waals surface area (Å²) in [5.74, 6) is -4.45. The minimum Gasteiger partial charge on any atom is -0.479 e. The Labute approximate surface area is 274 Å². The van der Waals surface area contributed by atoms with Crippen molar-refractivity contribution in [1.82, 2.24) is 29.7 Å². The lowest BCUT2D eigenvalue weighted by molar-refractivity contribution is -0.193. The van der Waals surface area contributed by atoms with Gasteiger partial charge in [0.25, 0.3) is 11.8 Å². The van der Waals surface area contributed by atoms with Crippen LogP contribution in [-0.4, -0.2) is 54.7 Å². The smallest absolute Gasteiger partial charge is 0.479 e. The number of nitrogens with zero attached hydrogens (tertiary/aromatic N) is 7. The lowest BCUT2D eigenvalue weighted by Gasteiger charge is -2.33. The topological polar surface area (TPSA) is 151 Å². The van der Waals surface area contributed by atoms with E-state index in [1.807, 2.05) is 0 Å². The van der Waals surface area contributed by atoms with E-state index in [1.165, 1.54) is 31.5 Å². The lowest BCUT2D eigenvalue weighted by atomic mass is 9.93. The number of ether oxygens (including phenoxy) is 2. The molecule has 1 aliphatic heterocycles. The zero-order chi connectivity index (χ0) is 34.2. The molecule has 2 saturated carbocycles. The molecule has 0 atom stereocenters. The standard InChI is InChI=1S/C33H26F4N8O4/c1-48-30-20(35)14-40-25(43-30)15-44-22-6-4-17(11-23(22)49-33(36,37)31(44)47)26-19-13-41-45(32(8-9-32)24-7-5-18(34)12-39-24)29(19)42-21(10-16-2-3-16)27(26)28(38)46/h4-7,11-14,16H,2-3,8-10,15H2,1H3,(H2,38,46). The summed E-state index contributed by atoms with van der Waals surface area (Å²) < 4.78 is 69.4. The molecule has 0 saturated heterocycles. The van der Waals surface area contributed by atoms with Gasteiger partial charge in [-0.15, -0.1) is 0 Å². The van der Waals surface area contributed by atoms with Crippen molar-refractivity contribution in [2.75, 3.05) is 12.0 Å². The second-order valence-corrected chi connectivity index (χ2v) is 12.3. The zero-order valence-corrected chi connectivity index (χ0v) is 25.8. The number of fused-ring (bicyclic) bond motifs is 2. The minimum absolute atomic E-state index is 0.0364. The van der Waals surface area contributed by atoms with Gasteiger partial charge in [-0.3, -0.25) is 19.5 Å². The van der Waals surface area contributed by atoms with Gasteiger partial charge in [0, 0.05) is 10.9 Å². The van der Waals surface area contributed by atoms with Gasteiger partial charge in [-0.25, -0.2) is 19.0 Å². The van der Waals surface area contributed by atoms with Gasteiger partial charge in [0.15, 0.2) is 17.2 Å². The Morgan fingerprint density at radius 2 is 1.88 bits per heavy atom. The number of anilines is 1. The van der Waals surface area contributed by atoms with Crippen LogP contribution in [0.2, 0.25) is 0 Å². The van der Waals surface area contributed by atoms with Crippen molar-refractivity contribution in [1.29, 1.82) is 0 Å². The summed E-state index contributed by atoms with van der Waals surface area (Å²) in [6.07, 6.45) is 2.86. The Bertz CT molecular complexity index is 2180. The first-order valence-electron chi connectivity index (χ1n) is 15.4. The Hall–Kier alpha value is -5.67. The van der Waals surface area contributed by atoms with E-state index in [2.05, 4.69) is 20.1 Å². The van der Waals surface area contributed by atoms with Crippen LogP contribution >= 0.6 is 0 Å². The van der Waals surface area contributed by atoms with Crippen LogP contribution in [0.5, 0.6) is 11.6 Å². The summed E-state index contributed by atoms with van der Waals surface area (Å²) in [5, 5.41) is 5.08. The molecule has 250 valence electrons. The Morgan fingerprint density at radius 3 is 2.55 bits per heavy atom. The second kappa shape index (κ2) is 10.9. The summed E-state index contributed by atoms with van der Waals surface area (Å²) in [6, 6.07) is 7.16. The molecule has 2 fully saturated rings. The average Bonchev–Trinajstić information content (AvgIpc) is 4.01. The molecule has 0 radical (unpaired) electrons. The van der Waals surface area contributed by atoms with Crippen molar-refractivity contribution < 1.29 is 36.6 Å². The van der Waals surface area contributed by atoms with Gasteiger partial charge in [0.2, 0.25) is 5.82 Å². The van der Waals surface area contributed by atoms with Crippen LogP contribution in [0.15, 0.2) is 48.9 Å². The quantitative estimate of drug-likeness (QED) is 0.220. The van der Waals surface area contributed by atoms with Crippen molar-refractivity contribution in [2.24, 2.45) is 11.7 Å². The number of benzene rings is 1. The highest BCUT2D eigenvalue weighted by Gasteiger charge is 2.52. The number of carbonyl (C=O) groups is 2. The summed E-state index contributed by atoms with van der Waals surface area (Å²) in [6.45, 7) is -0.551. The molecular formula is C33H26F4N8O4. The molecule has 16 heteroatoms. The third-order valence-electron chi connectivity index (χ3n) is 9.08. The Morgan fingerprint density at radius 1 is 1.08 bits per heavy atom. The van der Waals surface area contributed by atoms with Crippen molar-refractivity contribution in [2.45, 2.75) is 50.3 Å². The fourth-order valence-corrected chi connectivity index (χ4v) is 6.38. The highest BCUT2D eigenvalue weighted by atomic mass is 19.3. The largest absolute Gasteiger partial charge is 0.482 e. The minimum atomic E-state index is -4.28. The second-order valence-electron chi connectivity index (χ2n) is 12.3. The molecular weight excluding hydrogens is 648 g/mol. The summed E-state index contributed by atoms with van der Waals surface area (Å²) in [5.41, 5.74) is 7.42. The van der Waals surface area contributed by atoms with Gasteiger partial charge in [-0.05, 0) is 67.9 Å². The lowest BCUT2D eigenvalue weighted by Crippen LogP contribution is -2.50. The van der Waals surface area contributed by atoms with Crippen LogP contribution < -0.4 is 20.1 Å². The number of rotatable bonds is 9. The van der Waals surface area contributed by atoms with Crippen molar-refractivity contribution in [3.63, 3.8) is 0 Å². The maximum Gasteiger partial charge on any atom is 0.482 e. The van der Waals surface area contributed by atoms with Gasteiger partial charge >= 0.3 is 12.0 Å². The van der Waals surface area contributed by atoms with Gasteiger partial charge in [-0.1, -0.05) is 6.07 Å². The highest BCUT2D eigenvalue weighted by molar-refractivity contribution is 6.09. The first-order valence-corrected chi connectivity index (χ1v) is 15.4. The van der Waals surface area contributed by atoms with Crippen LogP contribution in [-0.2, 0) is 23.3 Å². The number of amides is 2. The van der Waals surface area contributed by atoms with Crippen LogP contribution in [0.4, 0.5) is 23.2 Å². The molecule has 0 spiro atoms. The fraction of sp³-hybridized carbons (Fsp3) is 0.303. The molecule has 0 unspecified atom stereocenters. The van der Waals surface area contributed by atoms with E-state index in [0.29, 0.717) is 53.2 Å². The van der Waals surface area contributed by atoms with Crippen molar-refractivity contribution in [3.8, 4) is 22.8 Å². The zero-order valence-electron chi connectivity index (χ0n) is 25.8. The number of hydrogen-bond donors (Lipinski definition) is 1. The van der Waals surface area contributed by atoms with Gasteiger partial charge in [-0.2, -0.15) is 23.3 Å². The molecule has 2 amide bonds. The number of primary amides is 1. The molecule has 3 aliphatic rings. The molecule has 49 heavy (non-hydrogen) atoms. The van der Waals surface area contributed by atoms with E-state index in [9.17, 15) is 18.4 Å². The number of aromatic nitrogens is 6. The molecule has 4 aromatic heterocycles. The maximum atomic E-state index is 15.1. The highest BCUT2D eigenvalue weighted by Crippen LogP contribution is 2.51. The summed E-state index contributed by atoms with van der Waals surface area (Å²) >= 11 is 0. The number of halogens is 4. The number of carbonyl (C=O) groups excluding carboxylic acids is 2. The number of nitrogens with two attached hydrogens (primary N) is 1. The van der Waals surface area contributed by atoms with E-state index in [0.717, 1.165) is 30.1 Å². The summed E-state index contributed by atoms with van der Waals surface area (Å²) in [7, 11) is 1.18. The number of methoxy groups -OCH3 is 1. The van der Waals surface area contributed by atoms with E-state index in [1.54, 1.807) is 16.8 Å². The number of hydrogen-bond acceptors (Lipinski definition) is 9. The van der Waals surface area contributed by atoms with Gasteiger partial charge < -0.3 is 15.2 Å². The first kappa shape index (κ1) is 30.7. The third-order valence-corrected chi connectivity index (χ3v) is 9.08. The van der Waals surface area contributed by atoms with Crippen molar-refractivity contribution >= 4 is 28.5 Å². The van der Waals surface area contributed by atoms with Gasteiger partial charge in [0.05, 0.1) is 54.9 Å². The molecule has 5 heterocycles. The average molecular weight is 675 g/mol. The maximum absolute atomic E-state index is 15.1. The van der Waals surface area contributed by atoms with Crippen LogP contribution in [0.25, 0.3) is 22.2 Å². The predicted octanol–water partition coefficient (Wildman–Crippen LogP) is 4.68. The molecule has 2 N–H and O–H groups in total. The van der Waals surface area contributed by atoms with Crippen LogP contribution in [0.1, 0.15) is 53.3 Å². The third kappa shape index (κ3) is 5.09. The fourth-order valence-electron chi connectivity index (χ4n) is 6.38. The first-order chi connectivity index (χ1) is 23.5. The number of alkyl halides is 2. The van der Waals surface area contributed by atoms with E-state index < -0.39 is 47.5 Å². The molecule has 2 aliphatic carbocycles. The molecule has 8 rings (SSSR count). The monoisotopic (exact) mass is 674 g/mol. The van der Waals surface area contributed by atoms with Crippen LogP contribution in [0.3, 0.4) is 0 Å². The van der Waals surface area contributed by atoms with Gasteiger partial charge in [0.1, 0.15) is 11.4 Å². The Balaban J connectivity index is 1.29. The molecule has 12 nitrogen and oxygen atoms in total. The van der Waals surface area contributed by atoms with E-state index >= 15 is 8.78 Å². The van der Waals surface area contributed by atoms with Crippen molar-refractivity contribution in [3.05, 3.63) is 83.3 Å². The van der Waals surface area contributed by atoms with Crippen LogP contribution in [0, 0.1) is 17.6 Å².